The molecule has 0 bridgehead atoms. The zero-order valence-electron chi connectivity index (χ0n) is 21.8. The fourth-order valence-corrected chi connectivity index (χ4v) is 4.60. The van der Waals surface area contributed by atoms with Crippen LogP contribution in [-0.4, -0.2) is 125 Å². The zero-order chi connectivity index (χ0) is 30.5. The lowest BCUT2D eigenvalue weighted by Gasteiger charge is -2.41. The van der Waals surface area contributed by atoms with E-state index in [0.29, 0.717) is 0 Å². The van der Waals surface area contributed by atoms with Gasteiger partial charge in [0.25, 0.3) is 0 Å². The Balaban J connectivity index is 0.00000423. The van der Waals surface area contributed by atoms with Crippen LogP contribution in [0.2, 0.25) is 0 Å². The summed E-state index contributed by atoms with van der Waals surface area (Å²) in [5, 5.41) is 111. The second kappa shape index (κ2) is 12.7. The molecule has 16 nitrogen and oxygen atoms in total. The van der Waals surface area contributed by atoms with Gasteiger partial charge in [0.1, 0.15) is 59.6 Å². The molecule has 2 saturated heterocycles. The molecule has 9 atom stereocenters. The zero-order valence-corrected chi connectivity index (χ0v) is 22.6. The second-order valence-electron chi connectivity index (χ2n) is 9.90. The minimum atomic E-state index is -1.87. The molecule has 1 aromatic heterocycles. The SMILES string of the molecule is Oc1cc(O)c2cc(O[C@@H]3O[C@@H](CO[C@@H]4OC[C@@H](O)[C@H](O)[C@H]4O)[C@@H](O)[C@H](O)[C@H]3O)c(-c3cc(O)c(O)c(O)c3)[o+]c2c1.[Cl-]. The molecule has 0 radical (unpaired) electrons. The fraction of sp³-hybridized carbons (Fsp3) is 0.423. The molecule has 2 aliphatic heterocycles. The summed E-state index contributed by atoms with van der Waals surface area (Å²) >= 11 is 0. The highest BCUT2D eigenvalue weighted by Gasteiger charge is 2.47. The summed E-state index contributed by atoms with van der Waals surface area (Å²) in [5.74, 6) is -3.64. The number of hydrogen-bond donors (Lipinski definition) is 11. The largest absolute Gasteiger partial charge is 1.00 e. The molecule has 2 aromatic carbocycles. The van der Waals surface area contributed by atoms with E-state index < -0.39 is 84.9 Å². The van der Waals surface area contributed by atoms with Gasteiger partial charge in [0.05, 0.1) is 24.8 Å². The lowest BCUT2D eigenvalue weighted by molar-refractivity contribution is -0.307. The smallest absolute Gasteiger partial charge is 0.402 e. The van der Waals surface area contributed by atoms with E-state index in [1.165, 1.54) is 6.07 Å². The number of aliphatic hydroxyl groups is 6. The van der Waals surface area contributed by atoms with Crippen LogP contribution in [0.4, 0.5) is 0 Å². The van der Waals surface area contributed by atoms with Gasteiger partial charge >= 0.3 is 11.3 Å². The van der Waals surface area contributed by atoms with E-state index in [1.807, 2.05) is 0 Å². The average Bonchev–Trinajstić information content (AvgIpc) is 2.94. The second-order valence-corrected chi connectivity index (χ2v) is 9.90. The highest BCUT2D eigenvalue weighted by Crippen LogP contribution is 2.44. The van der Waals surface area contributed by atoms with Crippen molar-refractivity contribution in [3.63, 3.8) is 0 Å². The maximum absolute atomic E-state index is 10.6. The molecule has 5 rings (SSSR count). The third-order valence-corrected chi connectivity index (χ3v) is 6.94. The lowest BCUT2D eigenvalue weighted by Crippen LogP contribution is -3.00. The molecule has 0 aliphatic carbocycles. The van der Waals surface area contributed by atoms with E-state index in [2.05, 4.69) is 0 Å². The summed E-state index contributed by atoms with van der Waals surface area (Å²) in [6, 6.07) is 5.38. The molecule has 17 heteroatoms. The average molecular weight is 633 g/mol. The summed E-state index contributed by atoms with van der Waals surface area (Å²) < 4.78 is 27.8. The van der Waals surface area contributed by atoms with Crippen molar-refractivity contribution in [2.24, 2.45) is 0 Å². The van der Waals surface area contributed by atoms with Crippen LogP contribution in [0.3, 0.4) is 0 Å². The highest BCUT2D eigenvalue weighted by molar-refractivity contribution is 5.88. The summed E-state index contributed by atoms with van der Waals surface area (Å²) in [6.07, 6.45) is -14.6. The third kappa shape index (κ3) is 6.29. The van der Waals surface area contributed by atoms with Crippen LogP contribution in [0.1, 0.15) is 0 Å². The number of aliphatic hydroxyl groups excluding tert-OH is 6. The Kier molecular flexibility index (Phi) is 9.57. The summed E-state index contributed by atoms with van der Waals surface area (Å²) in [7, 11) is 0. The van der Waals surface area contributed by atoms with Gasteiger partial charge in [-0.3, -0.25) is 0 Å². The van der Waals surface area contributed by atoms with Gasteiger partial charge in [-0.2, -0.15) is 0 Å². The summed E-state index contributed by atoms with van der Waals surface area (Å²) in [5.41, 5.74) is -0.149. The van der Waals surface area contributed by atoms with E-state index in [1.54, 1.807) is 0 Å². The van der Waals surface area contributed by atoms with E-state index in [0.717, 1.165) is 24.3 Å². The van der Waals surface area contributed by atoms with Gasteiger partial charge in [0.2, 0.25) is 12.0 Å². The van der Waals surface area contributed by atoms with Gasteiger partial charge in [0.15, 0.2) is 23.5 Å². The monoisotopic (exact) mass is 632 g/mol. The van der Waals surface area contributed by atoms with Crippen LogP contribution in [0.15, 0.2) is 34.7 Å². The molecule has 236 valence electrons. The Labute approximate surface area is 247 Å². The molecular weight excluding hydrogens is 604 g/mol. The molecule has 0 saturated carbocycles. The minimum Gasteiger partial charge on any atom is -1.00 e. The normalized spacial score (nSPS) is 31.0. The molecule has 0 amide bonds. The fourth-order valence-electron chi connectivity index (χ4n) is 4.60. The summed E-state index contributed by atoms with van der Waals surface area (Å²) in [4.78, 5) is 0. The van der Waals surface area contributed by atoms with Crippen LogP contribution < -0.4 is 17.1 Å². The van der Waals surface area contributed by atoms with Gasteiger partial charge < -0.3 is 87.5 Å². The first kappa shape index (κ1) is 32.5. The van der Waals surface area contributed by atoms with Crippen molar-refractivity contribution in [2.45, 2.75) is 55.3 Å². The van der Waals surface area contributed by atoms with Crippen LogP contribution in [0, 0.1) is 0 Å². The number of phenols is 5. The van der Waals surface area contributed by atoms with Crippen LogP contribution in [0.5, 0.6) is 34.5 Å². The molecule has 3 heterocycles. The van der Waals surface area contributed by atoms with Crippen molar-refractivity contribution in [3.05, 3.63) is 30.3 Å². The first-order valence-electron chi connectivity index (χ1n) is 12.6. The Morgan fingerprint density at radius 3 is 2.07 bits per heavy atom. The quantitative estimate of drug-likeness (QED) is 0.0903. The van der Waals surface area contributed by atoms with Crippen molar-refractivity contribution in [3.8, 4) is 45.8 Å². The van der Waals surface area contributed by atoms with E-state index in [-0.39, 0.29) is 52.8 Å². The van der Waals surface area contributed by atoms with Crippen LogP contribution in [0.25, 0.3) is 22.3 Å². The maximum atomic E-state index is 10.6. The number of aromatic hydroxyl groups is 5. The molecular formula is C26H29ClO16. The number of rotatable bonds is 6. The lowest BCUT2D eigenvalue weighted by atomic mass is 9.99. The Morgan fingerprint density at radius 1 is 0.744 bits per heavy atom. The Morgan fingerprint density at radius 2 is 1.40 bits per heavy atom. The van der Waals surface area contributed by atoms with E-state index in [9.17, 15) is 56.2 Å². The summed E-state index contributed by atoms with van der Waals surface area (Å²) in [6.45, 7) is -0.907. The number of fused-ring (bicyclic) bond motifs is 1. The number of halogens is 1. The number of ether oxygens (including phenoxy) is 4. The van der Waals surface area contributed by atoms with Crippen molar-refractivity contribution < 1.29 is 91.9 Å². The van der Waals surface area contributed by atoms with Gasteiger partial charge in [-0.1, -0.05) is 0 Å². The predicted molar refractivity (Wildman–Crippen MR) is 135 cm³/mol. The van der Waals surface area contributed by atoms with Crippen molar-refractivity contribution in [2.75, 3.05) is 13.2 Å². The van der Waals surface area contributed by atoms with E-state index in [4.69, 9.17) is 23.4 Å². The standard InChI is InChI=1S/C26H28O16.ClH/c27-9-3-11(28)10-5-16(24(40-15(10)4-9)8-1-12(29)18(32)13(30)2-8)41-26-23(37)21(35)20(34)17(42-26)7-39-25-22(36)19(33)14(31)6-38-25;/h1-5,14,17,19-23,25-26,31,33-37H,6-7H2,(H4-,27,28,29,30,32);1H/t14-,17+,19+,20-,21+,22-,23-,25+,26-;/m1./s1. The number of benzene rings is 2. The van der Waals surface area contributed by atoms with Crippen LogP contribution in [-0.2, 0) is 14.2 Å². The van der Waals surface area contributed by atoms with Gasteiger partial charge in [-0.15, -0.1) is 0 Å². The van der Waals surface area contributed by atoms with E-state index >= 15 is 0 Å². The number of hydrogen-bond acceptors (Lipinski definition) is 15. The molecule has 2 fully saturated rings. The van der Waals surface area contributed by atoms with Gasteiger partial charge in [-0.25, -0.2) is 4.42 Å². The topological polar surface area (TPSA) is 271 Å². The molecule has 3 aromatic rings. The molecule has 0 spiro atoms. The van der Waals surface area contributed by atoms with Crippen molar-refractivity contribution >= 4 is 11.0 Å². The molecule has 11 N–H and O–H groups in total. The first-order valence-corrected chi connectivity index (χ1v) is 12.6. The Bertz CT molecular complexity index is 1430. The third-order valence-electron chi connectivity index (χ3n) is 6.94. The Hall–Kier alpha value is -3.42. The first-order chi connectivity index (χ1) is 19.8. The van der Waals surface area contributed by atoms with Gasteiger partial charge in [-0.05, 0) is 0 Å². The molecule has 0 unspecified atom stereocenters. The van der Waals surface area contributed by atoms with Crippen molar-refractivity contribution in [1.82, 2.24) is 0 Å². The van der Waals surface area contributed by atoms with Crippen LogP contribution >= 0.6 is 0 Å². The van der Waals surface area contributed by atoms with Crippen molar-refractivity contribution in [1.29, 1.82) is 0 Å². The molecule has 43 heavy (non-hydrogen) atoms. The predicted octanol–water partition coefficient (Wildman–Crippen LogP) is -4.45. The van der Waals surface area contributed by atoms with Gasteiger partial charge in [0, 0.05) is 24.3 Å². The highest BCUT2D eigenvalue weighted by atomic mass is 35.5. The minimum absolute atomic E-state index is 0. The maximum Gasteiger partial charge on any atom is 0.402 e. The number of phenolic OH excluding ortho intramolecular Hbond substituents is 5. The molecule has 2 aliphatic rings.